The highest BCUT2D eigenvalue weighted by molar-refractivity contribution is 7.07. The second-order valence-corrected chi connectivity index (χ2v) is 12.0. The van der Waals surface area contributed by atoms with Gasteiger partial charge >= 0.3 is 12.1 Å². The van der Waals surface area contributed by atoms with Gasteiger partial charge in [0, 0.05) is 5.56 Å². The maximum atomic E-state index is 14.7. The standard InChI is InChI=1S/C37H30F4N2O6S/c1-4-47-28-18-22(12-16-26(28)49-20-21-10-14-24(38)15-11-21)19-29-34(44)43-32(30-25-9-7-6-8-23(25)13-17-27(30)46-3)31(35(45)48-5-2)33(37(39,40)41)42-36(43)50-29/h6-19,32H,4-5,20H2,1-3H3/b29-19-/t32-/m0/s1. The Labute approximate surface area is 287 Å². The molecule has 0 spiro atoms. The number of esters is 1. The number of halogens is 4. The number of rotatable bonds is 10. The van der Waals surface area contributed by atoms with E-state index in [4.69, 9.17) is 18.9 Å². The molecule has 5 aromatic rings. The molecule has 1 aromatic heterocycles. The summed E-state index contributed by atoms with van der Waals surface area (Å²) >= 11 is 0.752. The summed E-state index contributed by atoms with van der Waals surface area (Å²) < 4.78 is 81.2. The highest BCUT2D eigenvalue weighted by Crippen LogP contribution is 2.43. The number of ether oxygens (including phenoxy) is 4. The van der Waals surface area contributed by atoms with Gasteiger partial charge in [0.25, 0.3) is 5.56 Å². The quantitative estimate of drug-likeness (QED) is 0.120. The molecule has 8 nitrogen and oxygen atoms in total. The van der Waals surface area contributed by atoms with Crippen LogP contribution in [0.2, 0.25) is 0 Å². The third kappa shape index (κ3) is 6.73. The maximum absolute atomic E-state index is 14.7. The third-order valence-corrected chi connectivity index (χ3v) is 8.87. The predicted octanol–water partition coefficient (Wildman–Crippen LogP) is 6.62. The lowest BCUT2D eigenvalue weighted by Crippen LogP contribution is -2.41. The minimum atomic E-state index is -5.07. The fraction of sp³-hybridized carbons (Fsp3) is 0.216. The highest BCUT2D eigenvalue weighted by Gasteiger charge is 2.46. The molecule has 6 rings (SSSR count). The first-order chi connectivity index (χ1) is 24.0. The summed E-state index contributed by atoms with van der Waals surface area (Å²) in [5, 5.41) is 1.14. The van der Waals surface area contributed by atoms with Crippen LogP contribution in [0.3, 0.4) is 0 Å². The summed E-state index contributed by atoms with van der Waals surface area (Å²) in [5.41, 5.74) is -1.55. The number of methoxy groups -OCH3 is 1. The molecule has 0 radical (unpaired) electrons. The zero-order valence-corrected chi connectivity index (χ0v) is 27.9. The van der Waals surface area contributed by atoms with E-state index in [0.29, 0.717) is 34.4 Å². The van der Waals surface area contributed by atoms with Crippen molar-refractivity contribution in [3.63, 3.8) is 0 Å². The monoisotopic (exact) mass is 706 g/mol. The van der Waals surface area contributed by atoms with Gasteiger partial charge in [-0.2, -0.15) is 13.2 Å². The highest BCUT2D eigenvalue weighted by atomic mass is 32.1. The van der Waals surface area contributed by atoms with Crippen molar-refractivity contribution in [3.8, 4) is 17.2 Å². The molecule has 258 valence electrons. The van der Waals surface area contributed by atoms with Crippen LogP contribution in [0, 0.1) is 5.82 Å². The van der Waals surface area contributed by atoms with Crippen LogP contribution < -0.4 is 29.1 Å². The summed E-state index contributed by atoms with van der Waals surface area (Å²) in [6.45, 7) is 3.49. The van der Waals surface area contributed by atoms with E-state index < -0.39 is 35.0 Å². The van der Waals surface area contributed by atoms with E-state index in [2.05, 4.69) is 4.99 Å². The zero-order valence-electron chi connectivity index (χ0n) is 27.0. The largest absolute Gasteiger partial charge is 0.496 e. The molecule has 2 heterocycles. The fourth-order valence-electron chi connectivity index (χ4n) is 5.74. The average molecular weight is 707 g/mol. The van der Waals surface area contributed by atoms with Crippen molar-refractivity contribution < 1.29 is 41.3 Å². The van der Waals surface area contributed by atoms with Crippen LogP contribution in [-0.4, -0.2) is 37.0 Å². The van der Waals surface area contributed by atoms with E-state index in [1.54, 1.807) is 73.7 Å². The number of hydrogen-bond donors (Lipinski definition) is 0. The lowest BCUT2D eigenvalue weighted by atomic mass is 9.90. The summed E-state index contributed by atoms with van der Waals surface area (Å²) in [5.74, 6) is -0.695. The Morgan fingerprint density at radius 1 is 0.940 bits per heavy atom. The van der Waals surface area contributed by atoms with Gasteiger partial charge in [-0.05, 0) is 72.2 Å². The summed E-state index contributed by atoms with van der Waals surface area (Å²) in [4.78, 5) is 31.3. The van der Waals surface area contributed by atoms with Crippen molar-refractivity contribution in [3.05, 3.63) is 132 Å². The summed E-state index contributed by atoms with van der Waals surface area (Å²) in [6, 6.07) is 19.5. The van der Waals surface area contributed by atoms with E-state index in [9.17, 15) is 27.2 Å². The molecule has 0 aliphatic carbocycles. The number of alkyl halides is 3. The topological polar surface area (TPSA) is 88.4 Å². The Kier molecular flexibility index (Phi) is 9.78. The van der Waals surface area contributed by atoms with Crippen molar-refractivity contribution in [2.24, 2.45) is 4.99 Å². The van der Waals surface area contributed by atoms with Gasteiger partial charge in [0.05, 0.1) is 30.4 Å². The van der Waals surface area contributed by atoms with Gasteiger partial charge in [0.2, 0.25) is 0 Å². The number of hydrogen-bond acceptors (Lipinski definition) is 8. The van der Waals surface area contributed by atoms with E-state index in [-0.39, 0.29) is 39.7 Å². The molecule has 0 N–H and O–H groups in total. The van der Waals surface area contributed by atoms with Crippen molar-refractivity contribution in [2.45, 2.75) is 32.7 Å². The van der Waals surface area contributed by atoms with Crippen LogP contribution >= 0.6 is 11.3 Å². The molecule has 1 atom stereocenters. The number of aromatic nitrogens is 1. The first-order valence-electron chi connectivity index (χ1n) is 15.5. The Balaban J connectivity index is 1.54. The Morgan fingerprint density at radius 2 is 1.68 bits per heavy atom. The van der Waals surface area contributed by atoms with Crippen molar-refractivity contribution in [1.29, 1.82) is 0 Å². The van der Waals surface area contributed by atoms with Crippen LogP contribution in [-0.2, 0) is 16.1 Å². The molecule has 0 saturated heterocycles. The number of thiazole rings is 1. The molecule has 0 unspecified atom stereocenters. The lowest BCUT2D eigenvalue weighted by Gasteiger charge is -2.28. The van der Waals surface area contributed by atoms with Crippen molar-refractivity contribution in [1.82, 2.24) is 4.57 Å². The van der Waals surface area contributed by atoms with Crippen LogP contribution in [0.1, 0.15) is 36.6 Å². The van der Waals surface area contributed by atoms with Gasteiger partial charge in [-0.15, -0.1) is 0 Å². The number of nitrogens with zero attached hydrogens (tertiary/aromatic N) is 2. The molecular formula is C37H30F4N2O6S. The van der Waals surface area contributed by atoms with Crippen LogP contribution in [0.4, 0.5) is 17.6 Å². The smallest absolute Gasteiger partial charge is 0.434 e. The summed E-state index contributed by atoms with van der Waals surface area (Å²) in [6.07, 6.45) is -3.56. The second kappa shape index (κ2) is 14.2. The molecule has 1 aliphatic heterocycles. The lowest BCUT2D eigenvalue weighted by molar-refractivity contribution is -0.140. The third-order valence-electron chi connectivity index (χ3n) is 7.89. The molecular weight excluding hydrogens is 676 g/mol. The normalized spacial score (nSPS) is 14.7. The van der Waals surface area contributed by atoms with E-state index >= 15 is 0 Å². The molecule has 13 heteroatoms. The molecule has 1 aliphatic rings. The molecule has 4 aromatic carbocycles. The van der Waals surface area contributed by atoms with E-state index in [1.165, 1.54) is 32.2 Å². The van der Waals surface area contributed by atoms with Crippen LogP contribution in [0.25, 0.3) is 16.8 Å². The van der Waals surface area contributed by atoms with Crippen molar-refractivity contribution in [2.75, 3.05) is 20.3 Å². The molecule has 0 amide bonds. The average Bonchev–Trinajstić information content (AvgIpc) is 3.41. The van der Waals surface area contributed by atoms with Gasteiger partial charge in [0.1, 0.15) is 24.2 Å². The number of carbonyl (C=O) groups excluding carboxylic acids is 1. The number of fused-ring (bicyclic) bond motifs is 2. The minimum Gasteiger partial charge on any atom is -0.496 e. The summed E-state index contributed by atoms with van der Waals surface area (Å²) in [7, 11) is 1.36. The Bertz CT molecular complexity index is 2290. The SMILES string of the molecule is CCOC(=O)C1=C(C(F)(F)F)N=c2s/c(=C\c3ccc(OCc4ccc(F)cc4)c(OCC)c3)c(=O)n2[C@H]1c1c(OC)ccc2ccccc12. The molecule has 0 saturated carbocycles. The maximum Gasteiger partial charge on any atom is 0.434 e. The number of allylic oxidation sites excluding steroid dienone is 1. The van der Waals surface area contributed by atoms with Crippen molar-refractivity contribution >= 4 is 34.2 Å². The number of benzene rings is 4. The molecule has 0 fully saturated rings. The van der Waals surface area contributed by atoms with Gasteiger partial charge in [-0.25, -0.2) is 14.2 Å². The van der Waals surface area contributed by atoms with Crippen LogP contribution in [0.15, 0.2) is 99.9 Å². The number of carbonyl (C=O) groups is 1. The zero-order chi connectivity index (χ0) is 35.6. The van der Waals surface area contributed by atoms with Gasteiger partial charge < -0.3 is 18.9 Å². The Hall–Kier alpha value is -5.43. The van der Waals surface area contributed by atoms with Gasteiger partial charge in [-0.3, -0.25) is 9.36 Å². The minimum absolute atomic E-state index is 0.0574. The fourth-order valence-corrected chi connectivity index (χ4v) is 6.75. The first-order valence-corrected chi connectivity index (χ1v) is 16.4. The van der Waals surface area contributed by atoms with Gasteiger partial charge in [0.15, 0.2) is 22.0 Å². The van der Waals surface area contributed by atoms with E-state index in [0.717, 1.165) is 21.5 Å². The van der Waals surface area contributed by atoms with E-state index in [1.807, 2.05) is 0 Å². The Morgan fingerprint density at radius 3 is 2.38 bits per heavy atom. The van der Waals surface area contributed by atoms with Crippen LogP contribution in [0.5, 0.6) is 17.2 Å². The molecule has 0 bridgehead atoms. The predicted molar refractivity (Wildman–Crippen MR) is 180 cm³/mol. The van der Waals surface area contributed by atoms with Gasteiger partial charge in [-0.1, -0.05) is 59.9 Å². The second-order valence-electron chi connectivity index (χ2n) is 11.0. The molecule has 50 heavy (non-hydrogen) atoms. The first kappa shape index (κ1) is 34.4.